The Hall–Kier alpha value is -1.55. The first kappa shape index (κ1) is 12.9. The van der Waals surface area contributed by atoms with Gasteiger partial charge in [-0.25, -0.2) is 0 Å². The van der Waals surface area contributed by atoms with Crippen molar-refractivity contribution in [2.75, 3.05) is 12.5 Å². The number of aryl methyl sites for hydroxylation is 1. The second-order valence-electron chi connectivity index (χ2n) is 3.90. The summed E-state index contributed by atoms with van der Waals surface area (Å²) in [6.07, 6.45) is 1.91. The fourth-order valence-electron chi connectivity index (χ4n) is 1.52. The Labute approximate surface area is 111 Å². The average molecular weight is 267 g/mol. The molecule has 0 radical (unpaired) electrons. The zero-order valence-electron chi connectivity index (χ0n) is 10.2. The predicted molar refractivity (Wildman–Crippen MR) is 69.9 cm³/mol. The number of nitrogens with zero attached hydrogens (tertiary/aromatic N) is 2. The summed E-state index contributed by atoms with van der Waals surface area (Å²) in [5, 5.41) is 7.78. The number of alkyl halides is 1. The molecule has 96 valence electrons. The van der Waals surface area contributed by atoms with Gasteiger partial charge in [-0.1, -0.05) is 6.07 Å². The molecule has 2 aromatic rings. The number of hydrogen-bond donors (Lipinski definition) is 0. The van der Waals surface area contributed by atoms with Crippen LogP contribution in [-0.2, 0) is 0 Å². The molecule has 5 heteroatoms. The van der Waals surface area contributed by atoms with Gasteiger partial charge in [-0.2, -0.15) is 0 Å². The second-order valence-corrected chi connectivity index (χ2v) is 4.28. The Balaban J connectivity index is 2.01. The van der Waals surface area contributed by atoms with Crippen molar-refractivity contribution in [3.63, 3.8) is 0 Å². The largest absolute Gasteiger partial charge is 0.494 e. The maximum atomic E-state index is 5.63. The van der Waals surface area contributed by atoms with Crippen LogP contribution in [0.2, 0.25) is 0 Å². The number of halogens is 1. The molecule has 0 amide bonds. The lowest BCUT2D eigenvalue weighted by molar-refractivity contribution is 0.310. The van der Waals surface area contributed by atoms with Gasteiger partial charge in [0.15, 0.2) is 0 Å². The van der Waals surface area contributed by atoms with Crippen molar-refractivity contribution < 1.29 is 9.15 Å². The smallest absolute Gasteiger partial charge is 0.247 e. The molecule has 2 rings (SSSR count). The molecule has 1 aromatic carbocycles. The van der Waals surface area contributed by atoms with E-state index >= 15 is 0 Å². The van der Waals surface area contributed by atoms with Crippen molar-refractivity contribution in [3.8, 4) is 17.2 Å². The number of ether oxygens (including phenoxy) is 1. The van der Waals surface area contributed by atoms with Crippen LogP contribution in [0.5, 0.6) is 5.75 Å². The summed E-state index contributed by atoms with van der Waals surface area (Å²) in [4.78, 5) is 0. The summed E-state index contributed by atoms with van der Waals surface area (Å²) >= 11 is 5.61. The minimum Gasteiger partial charge on any atom is -0.494 e. The van der Waals surface area contributed by atoms with Crippen LogP contribution in [-0.4, -0.2) is 22.7 Å². The molecule has 0 bridgehead atoms. The van der Waals surface area contributed by atoms with Crippen LogP contribution in [0.3, 0.4) is 0 Å². The summed E-state index contributed by atoms with van der Waals surface area (Å²) in [5.74, 6) is 2.54. The number of unbranched alkanes of at least 4 members (excludes halogenated alkanes) is 1. The van der Waals surface area contributed by atoms with E-state index < -0.39 is 0 Å². The molecule has 0 spiro atoms. The highest BCUT2D eigenvalue weighted by molar-refractivity contribution is 6.17. The van der Waals surface area contributed by atoms with E-state index in [0.29, 0.717) is 24.3 Å². The molecule has 18 heavy (non-hydrogen) atoms. The van der Waals surface area contributed by atoms with Crippen LogP contribution >= 0.6 is 11.6 Å². The first-order valence-electron chi connectivity index (χ1n) is 5.89. The minimum absolute atomic E-state index is 0.513. The molecule has 0 saturated heterocycles. The quantitative estimate of drug-likeness (QED) is 0.594. The molecule has 0 aliphatic carbocycles. The Morgan fingerprint density at radius 1 is 1.28 bits per heavy atom. The van der Waals surface area contributed by atoms with Crippen molar-refractivity contribution in [3.05, 3.63) is 30.2 Å². The summed E-state index contributed by atoms with van der Waals surface area (Å²) in [6, 6.07) is 7.63. The molecule has 0 atom stereocenters. The number of aromatic nitrogens is 2. The summed E-state index contributed by atoms with van der Waals surface area (Å²) in [7, 11) is 0. The fraction of sp³-hybridized carbons (Fsp3) is 0.385. The van der Waals surface area contributed by atoms with Gasteiger partial charge in [-0.3, -0.25) is 0 Å². The third kappa shape index (κ3) is 3.47. The SMILES string of the molecule is Cc1nnc(-c2cccc(OCCCCCl)c2)o1. The van der Waals surface area contributed by atoms with E-state index in [1.54, 1.807) is 6.92 Å². The highest BCUT2D eigenvalue weighted by Crippen LogP contribution is 2.22. The van der Waals surface area contributed by atoms with Gasteiger partial charge in [-0.05, 0) is 31.0 Å². The molecular formula is C13H15ClN2O2. The Kier molecular flexibility index (Phi) is 4.59. The van der Waals surface area contributed by atoms with Crippen LogP contribution < -0.4 is 4.74 Å². The minimum atomic E-state index is 0.513. The molecule has 0 aliphatic heterocycles. The predicted octanol–water partition coefficient (Wildman–Crippen LogP) is 3.44. The maximum absolute atomic E-state index is 5.63. The molecule has 0 unspecified atom stereocenters. The van der Waals surface area contributed by atoms with E-state index in [2.05, 4.69) is 10.2 Å². The van der Waals surface area contributed by atoms with Crippen LogP contribution in [0.4, 0.5) is 0 Å². The maximum Gasteiger partial charge on any atom is 0.247 e. The Morgan fingerprint density at radius 2 is 2.17 bits per heavy atom. The Morgan fingerprint density at radius 3 is 2.89 bits per heavy atom. The van der Waals surface area contributed by atoms with Crippen LogP contribution in [0.1, 0.15) is 18.7 Å². The van der Waals surface area contributed by atoms with Gasteiger partial charge in [-0.15, -0.1) is 21.8 Å². The molecule has 1 aromatic heterocycles. The highest BCUT2D eigenvalue weighted by atomic mass is 35.5. The van der Waals surface area contributed by atoms with Gasteiger partial charge in [0, 0.05) is 18.4 Å². The lowest BCUT2D eigenvalue weighted by atomic mass is 10.2. The lowest BCUT2D eigenvalue weighted by Crippen LogP contribution is -1.97. The van der Waals surface area contributed by atoms with E-state index in [-0.39, 0.29) is 0 Å². The zero-order valence-corrected chi connectivity index (χ0v) is 11.0. The third-order valence-electron chi connectivity index (χ3n) is 2.40. The van der Waals surface area contributed by atoms with Crippen molar-refractivity contribution in [2.45, 2.75) is 19.8 Å². The van der Waals surface area contributed by atoms with Gasteiger partial charge in [0.1, 0.15) is 5.75 Å². The zero-order chi connectivity index (χ0) is 12.8. The highest BCUT2D eigenvalue weighted by Gasteiger charge is 2.06. The first-order chi connectivity index (χ1) is 8.79. The molecule has 1 heterocycles. The topological polar surface area (TPSA) is 48.2 Å². The summed E-state index contributed by atoms with van der Waals surface area (Å²) < 4.78 is 11.0. The van der Waals surface area contributed by atoms with Gasteiger partial charge in [0.05, 0.1) is 6.61 Å². The van der Waals surface area contributed by atoms with Gasteiger partial charge in [0.25, 0.3) is 0 Å². The first-order valence-corrected chi connectivity index (χ1v) is 6.42. The van der Waals surface area contributed by atoms with Crippen LogP contribution in [0, 0.1) is 6.92 Å². The third-order valence-corrected chi connectivity index (χ3v) is 2.67. The standard InChI is InChI=1S/C13H15ClN2O2/c1-10-15-16-13(18-10)11-5-4-6-12(9-11)17-8-3-2-7-14/h4-6,9H,2-3,7-8H2,1H3. The monoisotopic (exact) mass is 266 g/mol. The van der Waals surface area contributed by atoms with E-state index in [4.69, 9.17) is 20.8 Å². The van der Waals surface area contributed by atoms with Crippen LogP contribution in [0.15, 0.2) is 28.7 Å². The normalized spacial score (nSPS) is 10.6. The number of rotatable bonds is 6. The van der Waals surface area contributed by atoms with Gasteiger partial charge >= 0.3 is 0 Å². The number of benzene rings is 1. The average Bonchev–Trinajstić information content (AvgIpc) is 2.82. The fourth-order valence-corrected chi connectivity index (χ4v) is 1.71. The Bertz CT molecular complexity index is 499. The van der Waals surface area contributed by atoms with Crippen LogP contribution in [0.25, 0.3) is 11.5 Å². The van der Waals surface area contributed by atoms with E-state index in [1.807, 2.05) is 24.3 Å². The molecule has 4 nitrogen and oxygen atoms in total. The molecule has 0 saturated carbocycles. The molecule has 0 fully saturated rings. The van der Waals surface area contributed by atoms with E-state index in [0.717, 1.165) is 24.2 Å². The summed E-state index contributed by atoms with van der Waals surface area (Å²) in [6.45, 7) is 2.43. The lowest BCUT2D eigenvalue weighted by Gasteiger charge is -2.06. The number of hydrogen-bond acceptors (Lipinski definition) is 4. The van der Waals surface area contributed by atoms with Gasteiger partial charge < -0.3 is 9.15 Å². The van der Waals surface area contributed by atoms with E-state index in [9.17, 15) is 0 Å². The van der Waals surface area contributed by atoms with Gasteiger partial charge in [0.2, 0.25) is 11.8 Å². The summed E-state index contributed by atoms with van der Waals surface area (Å²) in [5.41, 5.74) is 0.866. The molecule has 0 aliphatic rings. The van der Waals surface area contributed by atoms with Crippen molar-refractivity contribution in [2.24, 2.45) is 0 Å². The van der Waals surface area contributed by atoms with E-state index in [1.165, 1.54) is 0 Å². The molecular weight excluding hydrogens is 252 g/mol. The second kappa shape index (κ2) is 6.40. The van der Waals surface area contributed by atoms with Crippen molar-refractivity contribution >= 4 is 11.6 Å². The van der Waals surface area contributed by atoms with Crippen molar-refractivity contribution in [1.29, 1.82) is 0 Å². The van der Waals surface area contributed by atoms with Crippen molar-refractivity contribution in [1.82, 2.24) is 10.2 Å². The molecule has 0 N–H and O–H groups in total.